The lowest BCUT2D eigenvalue weighted by atomic mass is 10.3. The minimum atomic E-state index is -0.0795. The quantitative estimate of drug-likeness (QED) is 0.532. The van der Waals surface area contributed by atoms with Gasteiger partial charge in [0.25, 0.3) is 0 Å². The molecular formula is C7H5NO. The Bertz CT molecular complexity index is 437. The summed E-state index contributed by atoms with van der Waals surface area (Å²) >= 11 is 0. The van der Waals surface area contributed by atoms with Crippen LogP contribution in [-0.4, -0.2) is 5.16 Å². The smallest absolute Gasteiger partial charge is 0.166 e. The van der Waals surface area contributed by atoms with Crippen LogP contribution in [0.1, 0.15) is 4.11 Å². The van der Waals surface area contributed by atoms with Gasteiger partial charge in [-0.15, -0.1) is 0 Å². The highest BCUT2D eigenvalue weighted by molar-refractivity contribution is 5.75. The highest BCUT2D eigenvalue weighted by atomic mass is 16.5. The normalized spacial score (nSPS) is 14.9. The van der Waals surface area contributed by atoms with Gasteiger partial charge in [-0.05, 0) is 12.1 Å². The van der Waals surface area contributed by atoms with Crippen LogP contribution in [0.3, 0.4) is 0 Å². The van der Waals surface area contributed by atoms with Crippen LogP contribution in [0.15, 0.2) is 34.9 Å². The Morgan fingerprint density at radius 1 is 1.67 bits per heavy atom. The standard InChI is InChI=1S/C7H5NO/c1-2-4-7-6(3-1)5-8-9-7/h1-5H/i1D,3D,5D. The Balaban J connectivity index is 2.96. The maximum absolute atomic E-state index is 7.44. The van der Waals surface area contributed by atoms with Crippen LogP contribution in [0.5, 0.6) is 0 Å². The molecule has 1 heterocycles. The van der Waals surface area contributed by atoms with Crippen LogP contribution in [0.2, 0.25) is 0 Å². The second kappa shape index (κ2) is 1.58. The molecule has 0 spiro atoms. The van der Waals surface area contributed by atoms with Gasteiger partial charge in [-0.3, -0.25) is 0 Å². The number of benzene rings is 1. The van der Waals surface area contributed by atoms with Gasteiger partial charge in [0.2, 0.25) is 0 Å². The first-order valence-corrected chi connectivity index (χ1v) is 2.52. The van der Waals surface area contributed by atoms with Crippen molar-refractivity contribution in [3.63, 3.8) is 0 Å². The van der Waals surface area contributed by atoms with E-state index in [1.165, 1.54) is 6.07 Å². The Kier molecular flexibility index (Phi) is 0.444. The van der Waals surface area contributed by atoms with Gasteiger partial charge in [0.15, 0.2) is 5.58 Å². The van der Waals surface area contributed by atoms with Crippen molar-refractivity contribution < 1.29 is 8.64 Å². The molecule has 1 aromatic heterocycles. The number of aromatic nitrogens is 1. The fraction of sp³-hybridized carbons (Fsp3) is 0. The lowest BCUT2D eigenvalue weighted by Crippen LogP contribution is -1.57. The van der Waals surface area contributed by atoms with E-state index < -0.39 is 0 Å². The molecule has 0 saturated carbocycles. The number of nitrogens with zero attached hydrogens (tertiary/aromatic N) is 1. The summed E-state index contributed by atoms with van der Waals surface area (Å²) in [6.07, 6.45) is -0.0795. The van der Waals surface area contributed by atoms with Crippen molar-refractivity contribution in [2.45, 2.75) is 0 Å². The van der Waals surface area contributed by atoms with Crippen molar-refractivity contribution >= 4 is 11.0 Å². The summed E-state index contributed by atoms with van der Waals surface area (Å²) in [4.78, 5) is 0. The molecule has 0 aliphatic carbocycles. The molecule has 2 aromatic rings. The molecular weight excluding hydrogens is 114 g/mol. The minimum Gasteiger partial charge on any atom is -0.356 e. The zero-order valence-electron chi connectivity index (χ0n) is 7.51. The monoisotopic (exact) mass is 122 g/mol. The van der Waals surface area contributed by atoms with E-state index in [1.54, 1.807) is 6.07 Å². The first-order chi connectivity index (χ1) is 5.70. The number of rotatable bonds is 0. The summed E-state index contributed by atoms with van der Waals surface area (Å²) in [6, 6.07) is 3.08. The van der Waals surface area contributed by atoms with Gasteiger partial charge in [0.1, 0.15) is 0 Å². The highest BCUT2D eigenvalue weighted by Crippen LogP contribution is 2.10. The summed E-state index contributed by atoms with van der Waals surface area (Å²) in [7, 11) is 0. The maximum Gasteiger partial charge on any atom is 0.166 e. The van der Waals surface area contributed by atoms with Gasteiger partial charge in [0, 0.05) is 5.39 Å². The van der Waals surface area contributed by atoms with E-state index in [4.69, 9.17) is 8.64 Å². The Morgan fingerprint density at radius 2 is 2.67 bits per heavy atom. The Morgan fingerprint density at radius 3 is 3.67 bits per heavy atom. The first kappa shape index (κ1) is 2.52. The molecule has 0 unspecified atom stereocenters. The molecule has 2 heteroatoms. The van der Waals surface area contributed by atoms with Crippen LogP contribution in [-0.2, 0) is 0 Å². The predicted octanol–water partition coefficient (Wildman–Crippen LogP) is 1.83. The van der Waals surface area contributed by atoms with Gasteiger partial charge in [-0.1, -0.05) is 17.3 Å². The van der Waals surface area contributed by atoms with E-state index in [0.717, 1.165) is 0 Å². The van der Waals surface area contributed by atoms with Crippen LogP contribution in [0.4, 0.5) is 0 Å². The summed E-state index contributed by atoms with van der Waals surface area (Å²) < 4.78 is 26.8. The summed E-state index contributed by atoms with van der Waals surface area (Å²) in [5, 5.41) is 3.69. The van der Waals surface area contributed by atoms with Gasteiger partial charge in [-0.2, -0.15) is 0 Å². The topological polar surface area (TPSA) is 26.0 Å². The minimum absolute atomic E-state index is 0.00116. The lowest BCUT2D eigenvalue weighted by Gasteiger charge is -1.78. The number of hydrogen-bond acceptors (Lipinski definition) is 2. The molecule has 0 radical (unpaired) electrons. The maximum atomic E-state index is 7.44. The zero-order chi connectivity index (χ0) is 8.72. The third kappa shape index (κ3) is 0.598. The average Bonchev–Trinajstić information content (AvgIpc) is 2.41. The van der Waals surface area contributed by atoms with Crippen LogP contribution in [0, 0.1) is 0 Å². The number of hydrogen-bond donors (Lipinski definition) is 0. The number of fused-ring (bicyclic) bond motifs is 1. The SMILES string of the molecule is [2H]c1ccc2onc([2H])c2c1[2H]. The fourth-order valence-corrected chi connectivity index (χ4v) is 0.653. The third-order valence-electron chi connectivity index (χ3n) is 1.06. The van der Waals surface area contributed by atoms with E-state index in [2.05, 4.69) is 5.16 Å². The van der Waals surface area contributed by atoms with E-state index in [-0.39, 0.29) is 18.3 Å². The Labute approximate surface area is 56.3 Å². The largest absolute Gasteiger partial charge is 0.356 e. The van der Waals surface area contributed by atoms with Gasteiger partial charge < -0.3 is 4.52 Å². The molecule has 0 amide bonds. The summed E-state index contributed by atoms with van der Waals surface area (Å²) in [6.45, 7) is 0. The summed E-state index contributed by atoms with van der Waals surface area (Å²) in [5.74, 6) is 0. The lowest BCUT2D eigenvalue weighted by molar-refractivity contribution is 0.456. The molecule has 2 rings (SSSR count). The molecule has 0 fully saturated rings. The molecule has 2 nitrogen and oxygen atoms in total. The second-order valence-electron chi connectivity index (χ2n) is 1.64. The number of para-hydroxylation sites is 1. The molecule has 0 N–H and O–H groups in total. The van der Waals surface area contributed by atoms with Crippen molar-refractivity contribution in [1.29, 1.82) is 0 Å². The second-order valence-corrected chi connectivity index (χ2v) is 1.64. The fourth-order valence-electron chi connectivity index (χ4n) is 0.653. The van der Waals surface area contributed by atoms with Crippen LogP contribution >= 0.6 is 0 Å². The molecule has 44 valence electrons. The van der Waals surface area contributed by atoms with Crippen molar-refractivity contribution in [2.24, 2.45) is 0 Å². The van der Waals surface area contributed by atoms with Crippen molar-refractivity contribution in [3.8, 4) is 0 Å². The van der Waals surface area contributed by atoms with Gasteiger partial charge in [0.05, 0.1) is 10.3 Å². The van der Waals surface area contributed by atoms with Gasteiger partial charge >= 0.3 is 0 Å². The van der Waals surface area contributed by atoms with Crippen molar-refractivity contribution in [3.05, 3.63) is 30.4 Å². The van der Waals surface area contributed by atoms with Crippen LogP contribution < -0.4 is 0 Å². The molecule has 0 saturated heterocycles. The first-order valence-electron chi connectivity index (χ1n) is 4.02. The van der Waals surface area contributed by atoms with Crippen molar-refractivity contribution in [1.82, 2.24) is 5.16 Å². The Hall–Kier alpha value is -1.31. The van der Waals surface area contributed by atoms with E-state index in [9.17, 15) is 0 Å². The highest BCUT2D eigenvalue weighted by Gasteiger charge is 1.91. The molecule has 0 atom stereocenters. The molecule has 1 aromatic carbocycles. The molecule has 9 heavy (non-hydrogen) atoms. The molecule has 0 aliphatic heterocycles. The van der Waals surface area contributed by atoms with Crippen LogP contribution in [0.25, 0.3) is 11.0 Å². The summed E-state index contributed by atoms with van der Waals surface area (Å²) in [5.41, 5.74) is 0.390. The predicted molar refractivity (Wildman–Crippen MR) is 34.0 cm³/mol. The average molecular weight is 122 g/mol. The van der Waals surface area contributed by atoms with E-state index in [0.29, 0.717) is 11.0 Å². The van der Waals surface area contributed by atoms with E-state index in [1.807, 2.05) is 0 Å². The zero-order valence-corrected chi connectivity index (χ0v) is 4.51. The van der Waals surface area contributed by atoms with Gasteiger partial charge in [-0.25, -0.2) is 0 Å². The van der Waals surface area contributed by atoms with Crippen molar-refractivity contribution in [2.75, 3.05) is 0 Å². The van der Waals surface area contributed by atoms with E-state index >= 15 is 0 Å². The third-order valence-corrected chi connectivity index (χ3v) is 1.06. The molecule has 0 aliphatic rings. The molecule has 0 bridgehead atoms.